The van der Waals surface area contributed by atoms with Crippen LogP contribution in [0.3, 0.4) is 0 Å². The zero-order valence-electron chi connectivity index (χ0n) is 10.4. The van der Waals surface area contributed by atoms with E-state index >= 15 is 0 Å². The Kier molecular flexibility index (Phi) is 5.34. The quantitative estimate of drug-likeness (QED) is 0.555. The van der Waals surface area contributed by atoms with E-state index in [2.05, 4.69) is 20.7 Å². The first-order valence-corrected chi connectivity index (χ1v) is 7.88. The smallest absolute Gasteiger partial charge is 0.243 e. The molecule has 0 radical (unpaired) electrons. The molecule has 1 rings (SSSR count). The molecule has 0 atom stereocenters. The van der Waals surface area contributed by atoms with Crippen LogP contribution in [0.2, 0.25) is 0 Å². The first-order valence-electron chi connectivity index (χ1n) is 5.61. The Labute approximate surface area is 120 Å². The molecule has 0 saturated heterocycles. The van der Waals surface area contributed by atoms with E-state index in [1.165, 1.54) is 12.1 Å². The number of hydrogen-bond acceptors (Lipinski definition) is 5. The number of hydrogen-bond donors (Lipinski definition) is 4. The lowest BCUT2D eigenvalue weighted by Gasteiger charge is -2.29. The summed E-state index contributed by atoms with van der Waals surface area (Å²) in [5.41, 5.74) is 4.45. The molecule has 0 spiro atoms. The summed E-state index contributed by atoms with van der Waals surface area (Å²) in [6, 6.07) is 4.45. The van der Waals surface area contributed by atoms with Crippen LogP contribution in [0.5, 0.6) is 0 Å². The summed E-state index contributed by atoms with van der Waals surface area (Å²) in [7, 11) is -3.93. The van der Waals surface area contributed by atoms with Crippen molar-refractivity contribution < 1.29 is 18.6 Å². The van der Waals surface area contributed by atoms with E-state index in [0.717, 1.165) is 0 Å². The maximum absolute atomic E-state index is 12.3. The fourth-order valence-corrected chi connectivity index (χ4v) is 3.62. The highest BCUT2D eigenvalue weighted by Crippen LogP contribution is 2.24. The van der Waals surface area contributed by atoms with Gasteiger partial charge in [0.1, 0.15) is 4.90 Å². The van der Waals surface area contributed by atoms with Gasteiger partial charge in [-0.25, -0.2) is 13.1 Å². The predicted molar refractivity (Wildman–Crippen MR) is 76.1 cm³/mol. The molecule has 1 aromatic rings. The van der Waals surface area contributed by atoms with E-state index in [0.29, 0.717) is 4.47 Å². The number of nitrogens with two attached hydrogens (primary N) is 1. The molecular weight excluding hydrogens is 336 g/mol. The van der Waals surface area contributed by atoms with Crippen LogP contribution in [0.25, 0.3) is 0 Å². The van der Waals surface area contributed by atoms with Gasteiger partial charge >= 0.3 is 0 Å². The molecular formula is C11H17BrN2O4S. The highest BCUT2D eigenvalue weighted by molar-refractivity contribution is 9.10. The Hall–Kier alpha value is -0.670. The van der Waals surface area contributed by atoms with Gasteiger partial charge in [0, 0.05) is 4.47 Å². The number of benzene rings is 1. The summed E-state index contributed by atoms with van der Waals surface area (Å²) in [6.07, 6.45) is 0.243. The van der Waals surface area contributed by atoms with Crippen LogP contribution in [0.4, 0.5) is 5.69 Å². The molecule has 0 amide bonds. The van der Waals surface area contributed by atoms with Crippen molar-refractivity contribution in [3.63, 3.8) is 0 Å². The van der Waals surface area contributed by atoms with E-state index in [1.807, 2.05) is 0 Å². The molecule has 6 nitrogen and oxygen atoms in total. The lowest BCUT2D eigenvalue weighted by Crippen LogP contribution is -2.53. The SMILES string of the molecule is CCC(CO)(CO)NS(=O)(=O)c1cc(Br)ccc1N. The Bertz CT molecular complexity index is 535. The summed E-state index contributed by atoms with van der Waals surface area (Å²) >= 11 is 3.17. The third kappa shape index (κ3) is 3.67. The number of anilines is 1. The molecule has 5 N–H and O–H groups in total. The highest BCUT2D eigenvalue weighted by atomic mass is 79.9. The second-order valence-corrected chi connectivity index (χ2v) is 6.80. The third-order valence-electron chi connectivity index (χ3n) is 2.90. The number of nitrogens with one attached hydrogen (secondary N) is 1. The Morgan fingerprint density at radius 3 is 2.42 bits per heavy atom. The zero-order chi connectivity index (χ0) is 14.7. The highest BCUT2D eigenvalue weighted by Gasteiger charge is 2.33. The molecule has 0 fully saturated rings. The van der Waals surface area contributed by atoms with E-state index in [1.54, 1.807) is 13.0 Å². The van der Waals surface area contributed by atoms with Gasteiger partial charge in [-0.3, -0.25) is 0 Å². The minimum Gasteiger partial charge on any atom is -0.398 e. The second-order valence-electron chi connectivity index (χ2n) is 4.24. The van der Waals surface area contributed by atoms with Crippen LogP contribution in [-0.4, -0.2) is 37.4 Å². The Morgan fingerprint density at radius 1 is 1.37 bits per heavy atom. The van der Waals surface area contributed by atoms with Crippen molar-refractivity contribution in [1.82, 2.24) is 4.72 Å². The van der Waals surface area contributed by atoms with E-state index in [9.17, 15) is 18.6 Å². The number of aliphatic hydroxyl groups is 2. The molecule has 108 valence electrons. The van der Waals surface area contributed by atoms with Crippen molar-refractivity contribution in [2.24, 2.45) is 0 Å². The van der Waals surface area contributed by atoms with Gasteiger partial charge in [-0.05, 0) is 24.6 Å². The summed E-state index contributed by atoms with van der Waals surface area (Å²) in [4.78, 5) is -0.0957. The lowest BCUT2D eigenvalue weighted by molar-refractivity contribution is 0.105. The number of halogens is 1. The normalized spacial score (nSPS) is 12.6. The van der Waals surface area contributed by atoms with Crippen molar-refractivity contribution >= 4 is 31.6 Å². The van der Waals surface area contributed by atoms with Crippen LogP contribution in [0, 0.1) is 0 Å². The summed E-state index contributed by atoms with van der Waals surface area (Å²) in [5.74, 6) is 0. The van der Waals surface area contributed by atoms with Crippen molar-refractivity contribution in [1.29, 1.82) is 0 Å². The fourth-order valence-electron chi connectivity index (χ4n) is 1.49. The molecule has 0 aliphatic carbocycles. The molecule has 0 aromatic heterocycles. The number of sulfonamides is 1. The molecule has 0 saturated carbocycles. The second kappa shape index (κ2) is 6.19. The van der Waals surface area contributed by atoms with Gasteiger partial charge in [0.2, 0.25) is 10.0 Å². The van der Waals surface area contributed by atoms with Gasteiger partial charge in [0.15, 0.2) is 0 Å². The number of nitrogen functional groups attached to an aromatic ring is 1. The maximum Gasteiger partial charge on any atom is 0.243 e. The average molecular weight is 353 g/mol. The van der Waals surface area contributed by atoms with Gasteiger partial charge in [-0.1, -0.05) is 22.9 Å². The largest absolute Gasteiger partial charge is 0.398 e. The summed E-state index contributed by atoms with van der Waals surface area (Å²) < 4.78 is 27.4. The first-order chi connectivity index (χ1) is 8.80. The van der Waals surface area contributed by atoms with Gasteiger partial charge < -0.3 is 15.9 Å². The standard InChI is InChI=1S/C11H17BrN2O4S/c1-2-11(6-15,7-16)14-19(17,18)10-5-8(12)3-4-9(10)13/h3-5,14-16H,2,6-7,13H2,1H3. The molecule has 0 bridgehead atoms. The van der Waals surface area contributed by atoms with E-state index < -0.39 is 28.8 Å². The van der Waals surface area contributed by atoms with Crippen molar-refractivity contribution in [2.75, 3.05) is 18.9 Å². The van der Waals surface area contributed by atoms with Crippen LogP contribution in [0.15, 0.2) is 27.6 Å². The maximum atomic E-state index is 12.3. The van der Waals surface area contributed by atoms with Crippen LogP contribution >= 0.6 is 15.9 Å². The summed E-state index contributed by atoms with van der Waals surface area (Å²) in [6.45, 7) is 0.652. The van der Waals surface area contributed by atoms with Crippen LogP contribution < -0.4 is 10.5 Å². The van der Waals surface area contributed by atoms with Crippen molar-refractivity contribution in [3.05, 3.63) is 22.7 Å². The van der Waals surface area contributed by atoms with E-state index in [4.69, 9.17) is 5.73 Å². The van der Waals surface area contributed by atoms with Crippen LogP contribution in [-0.2, 0) is 10.0 Å². The zero-order valence-corrected chi connectivity index (χ0v) is 12.8. The predicted octanol–water partition coefficient (Wildman–Crippen LogP) is 0.443. The summed E-state index contributed by atoms with van der Waals surface area (Å²) in [5, 5.41) is 18.6. The molecule has 0 heterocycles. The van der Waals surface area contributed by atoms with Crippen molar-refractivity contribution in [3.8, 4) is 0 Å². The minimum absolute atomic E-state index is 0.0941. The number of aliphatic hydroxyl groups excluding tert-OH is 2. The van der Waals surface area contributed by atoms with Crippen molar-refractivity contribution in [2.45, 2.75) is 23.8 Å². The van der Waals surface area contributed by atoms with E-state index in [-0.39, 0.29) is 17.0 Å². The topological polar surface area (TPSA) is 113 Å². The molecule has 0 aliphatic rings. The average Bonchev–Trinajstić information content (AvgIpc) is 2.39. The third-order valence-corrected chi connectivity index (χ3v) is 5.03. The minimum atomic E-state index is -3.93. The van der Waals surface area contributed by atoms with Gasteiger partial charge in [0.25, 0.3) is 0 Å². The van der Waals surface area contributed by atoms with Crippen LogP contribution in [0.1, 0.15) is 13.3 Å². The monoisotopic (exact) mass is 352 g/mol. The Balaban J connectivity index is 3.21. The molecule has 19 heavy (non-hydrogen) atoms. The van der Waals surface area contributed by atoms with Gasteiger partial charge in [0.05, 0.1) is 24.4 Å². The number of rotatable bonds is 6. The molecule has 1 aromatic carbocycles. The molecule has 0 aliphatic heterocycles. The molecule has 8 heteroatoms. The fraction of sp³-hybridized carbons (Fsp3) is 0.455. The lowest BCUT2D eigenvalue weighted by atomic mass is 10.0. The van der Waals surface area contributed by atoms with Gasteiger partial charge in [-0.15, -0.1) is 0 Å². The first kappa shape index (κ1) is 16.4. The van der Waals surface area contributed by atoms with Gasteiger partial charge in [-0.2, -0.15) is 0 Å². The molecule has 0 unspecified atom stereocenters. The Morgan fingerprint density at radius 2 is 1.95 bits per heavy atom.